The highest BCUT2D eigenvalue weighted by molar-refractivity contribution is 5.97. The van der Waals surface area contributed by atoms with Gasteiger partial charge in [-0.25, -0.2) is 0 Å². The summed E-state index contributed by atoms with van der Waals surface area (Å²) in [5, 5.41) is 1.25. The lowest BCUT2D eigenvalue weighted by atomic mass is 9.93. The number of benzene rings is 2. The quantitative estimate of drug-likeness (QED) is 0.654. The zero-order valence-electron chi connectivity index (χ0n) is 16.2. The van der Waals surface area contributed by atoms with Gasteiger partial charge in [0.25, 0.3) is 5.91 Å². The van der Waals surface area contributed by atoms with E-state index in [0.717, 1.165) is 25.9 Å². The Morgan fingerprint density at radius 3 is 2.61 bits per heavy atom. The Kier molecular flexibility index (Phi) is 5.63. The molecule has 0 unspecified atom stereocenters. The van der Waals surface area contributed by atoms with E-state index in [1.54, 1.807) is 7.11 Å². The topological polar surface area (TPSA) is 54.6 Å². The fourth-order valence-electron chi connectivity index (χ4n) is 3.88. The normalized spacial score (nSPS) is 15.1. The van der Waals surface area contributed by atoms with E-state index in [9.17, 15) is 4.79 Å². The Hall–Kier alpha value is -2.79. The van der Waals surface area contributed by atoms with Gasteiger partial charge in [-0.1, -0.05) is 30.3 Å². The first kappa shape index (κ1) is 18.6. The van der Waals surface area contributed by atoms with Crippen molar-refractivity contribution in [2.45, 2.75) is 18.8 Å². The number of amides is 1. The van der Waals surface area contributed by atoms with Crippen LogP contribution in [0.15, 0.2) is 54.6 Å². The first-order valence-corrected chi connectivity index (χ1v) is 9.84. The molecule has 146 valence electrons. The molecule has 2 heterocycles. The Balaban J connectivity index is 1.41. The molecular weight excluding hydrogens is 352 g/mol. The molecule has 0 spiro atoms. The molecule has 1 aromatic heterocycles. The highest BCUT2D eigenvalue weighted by Crippen LogP contribution is 2.31. The van der Waals surface area contributed by atoms with Crippen LogP contribution in [0.25, 0.3) is 10.9 Å². The van der Waals surface area contributed by atoms with E-state index in [-0.39, 0.29) is 5.91 Å². The second kappa shape index (κ2) is 8.48. The minimum Gasteiger partial charge on any atom is -0.490 e. The van der Waals surface area contributed by atoms with Gasteiger partial charge in [-0.2, -0.15) is 0 Å². The number of rotatable bonds is 6. The zero-order valence-corrected chi connectivity index (χ0v) is 16.2. The van der Waals surface area contributed by atoms with E-state index in [2.05, 4.69) is 35.3 Å². The molecule has 1 aliphatic rings. The minimum atomic E-state index is 0.0445. The van der Waals surface area contributed by atoms with Crippen molar-refractivity contribution in [3.63, 3.8) is 0 Å². The van der Waals surface area contributed by atoms with Gasteiger partial charge in [0.05, 0.1) is 12.2 Å². The number of para-hydroxylation sites is 2. The number of hydrogen-bond donors (Lipinski definition) is 1. The second-order valence-electron chi connectivity index (χ2n) is 7.22. The number of nitrogens with zero attached hydrogens (tertiary/aromatic N) is 1. The molecular formula is C23H26N2O3. The minimum absolute atomic E-state index is 0.0445. The standard InChI is InChI=1S/C23H26N2O3/c1-27-14-15-28-22-9-5-3-7-19(22)23(26)25-12-10-17(11-13-25)21-16-18-6-2-4-8-20(18)24-21/h2-9,16-17,24H,10-15H2,1H3. The number of aromatic nitrogens is 1. The number of fused-ring (bicyclic) bond motifs is 1. The lowest BCUT2D eigenvalue weighted by Gasteiger charge is -2.32. The van der Waals surface area contributed by atoms with Crippen LogP contribution in [0.4, 0.5) is 0 Å². The molecule has 4 rings (SSSR count). The lowest BCUT2D eigenvalue weighted by molar-refractivity contribution is 0.0705. The van der Waals surface area contributed by atoms with Gasteiger partial charge in [0.1, 0.15) is 12.4 Å². The Morgan fingerprint density at radius 2 is 1.82 bits per heavy atom. The van der Waals surface area contributed by atoms with Gasteiger partial charge in [0.15, 0.2) is 0 Å². The molecule has 1 saturated heterocycles. The van der Waals surface area contributed by atoms with Gasteiger partial charge >= 0.3 is 0 Å². The van der Waals surface area contributed by atoms with Crippen LogP contribution in [0, 0.1) is 0 Å². The number of aromatic amines is 1. The summed E-state index contributed by atoms with van der Waals surface area (Å²) in [6, 6.07) is 18.1. The zero-order chi connectivity index (χ0) is 19.3. The van der Waals surface area contributed by atoms with Crippen LogP contribution in [0.1, 0.15) is 34.8 Å². The van der Waals surface area contributed by atoms with Crippen LogP contribution < -0.4 is 4.74 Å². The SMILES string of the molecule is COCCOc1ccccc1C(=O)N1CCC(c2cc3ccccc3[nH]2)CC1. The van der Waals surface area contributed by atoms with Crippen molar-refractivity contribution in [3.8, 4) is 5.75 Å². The molecule has 0 saturated carbocycles. The predicted molar refractivity (Wildman–Crippen MR) is 110 cm³/mol. The number of hydrogen-bond acceptors (Lipinski definition) is 3. The molecule has 0 radical (unpaired) electrons. The van der Waals surface area contributed by atoms with Crippen LogP contribution in [0.2, 0.25) is 0 Å². The third-order valence-electron chi connectivity index (χ3n) is 5.44. The number of piperidine rings is 1. The molecule has 2 aromatic carbocycles. The lowest BCUT2D eigenvalue weighted by Crippen LogP contribution is -2.38. The summed E-state index contributed by atoms with van der Waals surface area (Å²) in [6.07, 6.45) is 1.93. The molecule has 0 aliphatic carbocycles. The van der Waals surface area contributed by atoms with Crippen LogP contribution in [0.5, 0.6) is 5.75 Å². The maximum absolute atomic E-state index is 13.0. The van der Waals surface area contributed by atoms with Gasteiger partial charge in [0, 0.05) is 37.3 Å². The molecule has 1 aliphatic heterocycles. The summed E-state index contributed by atoms with van der Waals surface area (Å²) in [4.78, 5) is 18.5. The summed E-state index contributed by atoms with van der Waals surface area (Å²) in [6.45, 7) is 2.44. The highest BCUT2D eigenvalue weighted by atomic mass is 16.5. The average Bonchev–Trinajstić information content (AvgIpc) is 3.18. The predicted octanol–water partition coefficient (Wildman–Crippen LogP) is 4.21. The van der Waals surface area contributed by atoms with Crippen LogP contribution >= 0.6 is 0 Å². The molecule has 0 bridgehead atoms. The second-order valence-corrected chi connectivity index (χ2v) is 7.22. The first-order valence-electron chi connectivity index (χ1n) is 9.84. The third kappa shape index (κ3) is 3.90. The van der Waals surface area contributed by atoms with Crippen molar-refractivity contribution >= 4 is 16.8 Å². The third-order valence-corrected chi connectivity index (χ3v) is 5.44. The van der Waals surface area contributed by atoms with Crippen molar-refractivity contribution in [3.05, 3.63) is 65.9 Å². The van der Waals surface area contributed by atoms with E-state index in [1.165, 1.54) is 16.6 Å². The molecule has 1 amide bonds. The molecule has 28 heavy (non-hydrogen) atoms. The van der Waals surface area contributed by atoms with Crippen molar-refractivity contribution in [2.75, 3.05) is 33.4 Å². The number of methoxy groups -OCH3 is 1. The van der Waals surface area contributed by atoms with Gasteiger partial charge in [-0.15, -0.1) is 0 Å². The first-order chi connectivity index (χ1) is 13.8. The number of ether oxygens (including phenoxy) is 2. The molecule has 5 nitrogen and oxygen atoms in total. The summed E-state index contributed by atoms with van der Waals surface area (Å²) in [5.41, 5.74) is 3.08. The molecule has 3 aromatic rings. The fourth-order valence-corrected chi connectivity index (χ4v) is 3.88. The maximum Gasteiger partial charge on any atom is 0.257 e. The number of likely N-dealkylation sites (tertiary alicyclic amines) is 1. The monoisotopic (exact) mass is 378 g/mol. The fraction of sp³-hybridized carbons (Fsp3) is 0.348. The number of carbonyl (C=O) groups is 1. The summed E-state index contributed by atoms with van der Waals surface area (Å²) in [7, 11) is 1.64. The van der Waals surface area contributed by atoms with E-state index in [1.807, 2.05) is 29.2 Å². The Bertz CT molecular complexity index is 909. The van der Waals surface area contributed by atoms with E-state index in [0.29, 0.717) is 30.4 Å². The van der Waals surface area contributed by atoms with Gasteiger partial charge in [-0.3, -0.25) is 4.79 Å². The molecule has 0 atom stereocenters. The Labute approximate surface area is 165 Å². The van der Waals surface area contributed by atoms with Crippen molar-refractivity contribution in [2.24, 2.45) is 0 Å². The smallest absolute Gasteiger partial charge is 0.257 e. The highest BCUT2D eigenvalue weighted by Gasteiger charge is 2.27. The largest absolute Gasteiger partial charge is 0.490 e. The molecule has 1 N–H and O–H groups in total. The maximum atomic E-state index is 13.0. The van der Waals surface area contributed by atoms with Gasteiger partial charge in [0.2, 0.25) is 0 Å². The molecule has 5 heteroatoms. The van der Waals surface area contributed by atoms with Crippen LogP contribution in [0.3, 0.4) is 0 Å². The number of nitrogens with one attached hydrogen (secondary N) is 1. The number of carbonyl (C=O) groups excluding carboxylic acids is 1. The van der Waals surface area contributed by atoms with Crippen molar-refractivity contribution < 1.29 is 14.3 Å². The van der Waals surface area contributed by atoms with Crippen LogP contribution in [-0.4, -0.2) is 49.2 Å². The van der Waals surface area contributed by atoms with Crippen LogP contribution in [-0.2, 0) is 4.74 Å². The number of H-pyrrole nitrogens is 1. The van der Waals surface area contributed by atoms with E-state index < -0.39 is 0 Å². The van der Waals surface area contributed by atoms with Crippen molar-refractivity contribution in [1.82, 2.24) is 9.88 Å². The van der Waals surface area contributed by atoms with E-state index >= 15 is 0 Å². The summed E-state index contributed by atoms with van der Waals surface area (Å²) >= 11 is 0. The van der Waals surface area contributed by atoms with Crippen molar-refractivity contribution in [1.29, 1.82) is 0 Å². The summed E-state index contributed by atoms with van der Waals surface area (Å²) < 4.78 is 10.8. The molecule has 1 fully saturated rings. The summed E-state index contributed by atoms with van der Waals surface area (Å²) in [5.74, 6) is 1.13. The van der Waals surface area contributed by atoms with E-state index in [4.69, 9.17) is 9.47 Å². The Morgan fingerprint density at radius 1 is 1.07 bits per heavy atom. The van der Waals surface area contributed by atoms with Gasteiger partial charge in [-0.05, 0) is 42.5 Å². The van der Waals surface area contributed by atoms with Gasteiger partial charge < -0.3 is 19.4 Å². The average molecular weight is 378 g/mol.